The Hall–Kier alpha value is -0.0100. The van der Waals surface area contributed by atoms with E-state index in [4.69, 9.17) is 18.5 Å². The average Bonchev–Trinajstić information content (AvgIpc) is 2.82. The van der Waals surface area contributed by atoms with Crippen LogP contribution in [0.1, 0.15) is 116 Å². The van der Waals surface area contributed by atoms with E-state index < -0.39 is 7.82 Å². The van der Waals surface area contributed by atoms with Crippen LogP contribution in [0.3, 0.4) is 0 Å². The monoisotopic (exact) mass is 509 g/mol. The quantitative estimate of drug-likeness (QED) is 0.0865. The van der Waals surface area contributed by atoms with Gasteiger partial charge in [0.15, 0.2) is 0 Å². The van der Waals surface area contributed by atoms with Crippen molar-refractivity contribution in [2.24, 2.45) is 0 Å². The minimum absolute atomic E-state index is 0.0388. The molecule has 0 aliphatic heterocycles. The third-order valence-corrected chi connectivity index (χ3v) is 7.04. The van der Waals surface area contributed by atoms with Gasteiger partial charge in [0.2, 0.25) is 0 Å². The molecule has 2 N–H and O–H groups in total. The summed E-state index contributed by atoms with van der Waals surface area (Å²) in [4.78, 5) is 9.61. The van der Waals surface area contributed by atoms with Crippen molar-refractivity contribution >= 4 is 7.82 Å². The lowest BCUT2D eigenvalue weighted by Gasteiger charge is -2.18. The first kappa shape index (κ1) is 34.0. The first-order valence-corrected chi connectivity index (χ1v) is 15.4. The Labute approximate surface area is 210 Å². The Kier molecular flexibility index (Phi) is 26.1. The van der Waals surface area contributed by atoms with Crippen LogP contribution in [0.2, 0.25) is 0 Å². The van der Waals surface area contributed by atoms with Gasteiger partial charge >= 0.3 is 7.82 Å². The molecule has 34 heavy (non-hydrogen) atoms. The summed E-state index contributed by atoms with van der Waals surface area (Å²) in [5, 5.41) is 2.84. The maximum atomic E-state index is 11.7. The van der Waals surface area contributed by atoms with Gasteiger partial charge in [-0.1, -0.05) is 110 Å². The maximum Gasteiger partial charge on any atom is 0.472 e. The van der Waals surface area contributed by atoms with Crippen LogP contribution in [0.15, 0.2) is 0 Å². The van der Waals surface area contributed by atoms with E-state index in [1.165, 1.54) is 110 Å². The summed E-state index contributed by atoms with van der Waals surface area (Å²) in [7, 11) is -0.765. The van der Waals surface area contributed by atoms with Gasteiger partial charge in [-0.2, -0.15) is 0 Å². The molecule has 0 spiro atoms. The van der Waals surface area contributed by atoms with Crippen molar-refractivity contribution in [2.45, 2.75) is 122 Å². The number of phosphoric acid groups is 1. The normalized spacial score (nSPS) is 14.4. The Morgan fingerprint density at radius 3 is 1.62 bits per heavy atom. The molecule has 0 aromatic rings. The summed E-state index contributed by atoms with van der Waals surface area (Å²) < 4.78 is 32.5. The van der Waals surface area contributed by atoms with E-state index in [1.54, 1.807) is 7.05 Å². The third-order valence-electron chi connectivity index (χ3n) is 6.06. The number of methoxy groups -OCH3 is 1. The van der Waals surface area contributed by atoms with Gasteiger partial charge in [0.05, 0.1) is 19.8 Å². The molecule has 0 aliphatic carbocycles. The molecule has 0 fully saturated rings. The van der Waals surface area contributed by atoms with Gasteiger partial charge in [0.25, 0.3) is 0 Å². The van der Waals surface area contributed by atoms with Crippen LogP contribution in [0, 0.1) is 0 Å². The van der Waals surface area contributed by atoms with Crippen LogP contribution < -0.4 is 5.32 Å². The Morgan fingerprint density at radius 1 is 0.706 bits per heavy atom. The molecule has 2 unspecified atom stereocenters. The van der Waals surface area contributed by atoms with Gasteiger partial charge in [-0.3, -0.25) is 9.05 Å². The molecule has 0 aromatic heterocycles. The lowest BCUT2D eigenvalue weighted by atomic mass is 10.0. The van der Waals surface area contributed by atoms with E-state index in [2.05, 4.69) is 12.2 Å². The second kappa shape index (κ2) is 26.1. The number of ether oxygens (including phenoxy) is 2. The SMILES string of the molecule is CCCCCCCCCCCCCCCCCCCOCC(COP(=O)(O)OCCNC)OC. The van der Waals surface area contributed by atoms with E-state index in [-0.39, 0.29) is 19.3 Å². The fourth-order valence-electron chi connectivity index (χ4n) is 3.81. The fraction of sp³-hybridized carbons (Fsp3) is 1.00. The highest BCUT2D eigenvalue weighted by Crippen LogP contribution is 2.43. The molecular weight excluding hydrogens is 453 g/mol. The Balaban J connectivity index is 3.37. The zero-order chi connectivity index (χ0) is 25.2. The van der Waals surface area contributed by atoms with Crippen molar-refractivity contribution in [3.05, 3.63) is 0 Å². The van der Waals surface area contributed by atoms with Crippen molar-refractivity contribution in [3.8, 4) is 0 Å². The summed E-state index contributed by atoms with van der Waals surface area (Å²) >= 11 is 0. The van der Waals surface area contributed by atoms with Gasteiger partial charge in [0.1, 0.15) is 6.10 Å². The zero-order valence-corrected chi connectivity index (χ0v) is 23.5. The molecule has 0 radical (unpaired) electrons. The van der Waals surface area contributed by atoms with Gasteiger partial charge < -0.3 is 19.7 Å². The highest BCUT2D eigenvalue weighted by molar-refractivity contribution is 7.47. The van der Waals surface area contributed by atoms with E-state index in [9.17, 15) is 9.46 Å². The Morgan fingerprint density at radius 2 is 1.18 bits per heavy atom. The van der Waals surface area contributed by atoms with E-state index >= 15 is 0 Å². The molecule has 0 saturated heterocycles. The molecule has 8 heteroatoms. The first-order chi connectivity index (χ1) is 16.6. The number of hydrogen-bond donors (Lipinski definition) is 2. The fourth-order valence-corrected chi connectivity index (χ4v) is 4.56. The van der Waals surface area contributed by atoms with E-state index in [0.717, 1.165) is 6.42 Å². The van der Waals surface area contributed by atoms with Crippen LogP contribution >= 0.6 is 7.82 Å². The van der Waals surface area contributed by atoms with E-state index in [1.807, 2.05) is 0 Å². The standard InChI is InChI=1S/C26H56NO6P/c1-4-5-6-7-8-9-10-11-12-13-14-15-16-17-18-19-20-22-31-24-26(30-3)25-33-34(28,29)32-23-21-27-2/h26-27H,4-25H2,1-3H3,(H,28,29). The first-order valence-electron chi connectivity index (χ1n) is 13.9. The minimum Gasteiger partial charge on any atom is -0.379 e. The summed E-state index contributed by atoms with van der Waals surface area (Å²) in [5.74, 6) is 0. The van der Waals surface area contributed by atoms with E-state index in [0.29, 0.717) is 19.8 Å². The smallest absolute Gasteiger partial charge is 0.379 e. The van der Waals surface area contributed by atoms with Crippen molar-refractivity contribution in [2.75, 3.05) is 47.1 Å². The lowest BCUT2D eigenvalue weighted by molar-refractivity contribution is -0.0220. The predicted molar refractivity (Wildman–Crippen MR) is 141 cm³/mol. The van der Waals surface area contributed by atoms with Crippen molar-refractivity contribution in [1.82, 2.24) is 5.32 Å². The average molecular weight is 510 g/mol. The second-order valence-corrected chi connectivity index (χ2v) is 10.7. The van der Waals surface area contributed by atoms with Crippen LogP contribution in [0.5, 0.6) is 0 Å². The summed E-state index contributed by atoms with van der Waals surface area (Å²) in [5.41, 5.74) is 0. The van der Waals surface area contributed by atoms with Crippen LogP contribution in [-0.4, -0.2) is 58.1 Å². The predicted octanol–water partition coefficient (Wildman–Crippen LogP) is 7.02. The summed E-state index contributed by atoms with van der Waals surface area (Å²) in [6, 6.07) is 0. The zero-order valence-electron chi connectivity index (χ0n) is 22.6. The number of nitrogens with one attached hydrogen (secondary N) is 1. The molecule has 0 heterocycles. The highest BCUT2D eigenvalue weighted by Gasteiger charge is 2.23. The van der Waals surface area contributed by atoms with Crippen LogP contribution in [-0.2, 0) is 23.1 Å². The molecule has 2 atom stereocenters. The highest BCUT2D eigenvalue weighted by atomic mass is 31.2. The van der Waals surface area contributed by atoms with Crippen molar-refractivity contribution in [3.63, 3.8) is 0 Å². The molecule has 7 nitrogen and oxygen atoms in total. The second-order valence-electron chi connectivity index (χ2n) is 9.29. The van der Waals surface area contributed by atoms with Gasteiger partial charge in [-0.05, 0) is 13.5 Å². The molecule has 0 saturated carbocycles. The molecule has 0 aliphatic rings. The summed E-state index contributed by atoms with van der Waals surface area (Å²) in [6.07, 6.45) is 22.7. The number of phosphoric ester groups is 1. The molecular formula is C26H56NO6P. The topological polar surface area (TPSA) is 86.3 Å². The van der Waals surface area contributed by atoms with Gasteiger partial charge in [-0.15, -0.1) is 0 Å². The van der Waals surface area contributed by atoms with Crippen molar-refractivity contribution in [1.29, 1.82) is 0 Å². The molecule has 0 aromatic carbocycles. The van der Waals surface area contributed by atoms with Gasteiger partial charge in [-0.25, -0.2) is 4.57 Å². The minimum atomic E-state index is -4.04. The molecule has 0 rings (SSSR count). The number of rotatable bonds is 28. The number of likely N-dealkylation sites (N-methyl/N-ethyl adjacent to an activating group) is 1. The number of unbranched alkanes of at least 4 members (excludes halogenated alkanes) is 16. The van der Waals surface area contributed by atoms with Crippen LogP contribution in [0.4, 0.5) is 0 Å². The lowest BCUT2D eigenvalue weighted by Crippen LogP contribution is -2.24. The van der Waals surface area contributed by atoms with Crippen LogP contribution in [0.25, 0.3) is 0 Å². The largest absolute Gasteiger partial charge is 0.472 e. The van der Waals surface area contributed by atoms with Crippen molar-refractivity contribution < 1.29 is 28.0 Å². The Bertz CT molecular complexity index is 455. The summed E-state index contributed by atoms with van der Waals surface area (Å²) in [6.45, 7) is 3.84. The third kappa shape index (κ3) is 25.1. The molecule has 0 amide bonds. The molecule has 0 bridgehead atoms. The number of hydrogen-bond acceptors (Lipinski definition) is 6. The van der Waals surface area contributed by atoms with Gasteiger partial charge in [0, 0.05) is 20.3 Å². The maximum absolute atomic E-state index is 11.7. The molecule has 206 valence electrons.